The third-order valence-corrected chi connectivity index (χ3v) is 3.16. The predicted molar refractivity (Wildman–Crippen MR) is 73.6 cm³/mol. The molecule has 2 aromatic carbocycles. The van der Waals surface area contributed by atoms with E-state index in [1.807, 2.05) is 0 Å². The van der Waals surface area contributed by atoms with Gasteiger partial charge in [0.15, 0.2) is 0 Å². The summed E-state index contributed by atoms with van der Waals surface area (Å²) in [7, 11) is 0. The molecule has 0 aliphatic carbocycles. The standard InChI is InChI=1S/C14H11Cl2FO2/c1-8(18)9-2-5-14(12(16)6-9)19-10-3-4-11(15)13(17)7-10/h2-8,18H,1H3. The van der Waals surface area contributed by atoms with Crippen LogP contribution >= 0.6 is 23.2 Å². The fraction of sp³-hybridized carbons (Fsp3) is 0.143. The van der Waals surface area contributed by atoms with Crippen LogP contribution in [-0.2, 0) is 0 Å². The lowest BCUT2D eigenvalue weighted by atomic mass is 10.1. The van der Waals surface area contributed by atoms with Gasteiger partial charge in [-0.25, -0.2) is 4.39 Å². The second-order valence-corrected chi connectivity index (χ2v) is 4.86. The molecule has 19 heavy (non-hydrogen) atoms. The molecule has 1 atom stereocenters. The fourth-order valence-electron chi connectivity index (χ4n) is 1.53. The van der Waals surface area contributed by atoms with Crippen LogP contribution in [0.4, 0.5) is 4.39 Å². The van der Waals surface area contributed by atoms with Crippen molar-refractivity contribution in [3.63, 3.8) is 0 Å². The van der Waals surface area contributed by atoms with Crippen LogP contribution in [0.3, 0.4) is 0 Å². The van der Waals surface area contributed by atoms with Gasteiger partial charge in [-0.05, 0) is 36.8 Å². The third kappa shape index (κ3) is 3.38. The first-order chi connectivity index (χ1) is 8.97. The van der Waals surface area contributed by atoms with Crippen molar-refractivity contribution < 1.29 is 14.2 Å². The molecule has 0 amide bonds. The molecule has 0 radical (unpaired) electrons. The summed E-state index contributed by atoms with van der Waals surface area (Å²) in [5, 5.41) is 9.80. The molecule has 0 spiro atoms. The van der Waals surface area contributed by atoms with Crippen molar-refractivity contribution in [2.45, 2.75) is 13.0 Å². The molecular formula is C14H11Cl2FO2. The average Bonchev–Trinajstić information content (AvgIpc) is 2.36. The Hall–Kier alpha value is -1.29. The lowest BCUT2D eigenvalue weighted by molar-refractivity contribution is 0.199. The van der Waals surface area contributed by atoms with E-state index in [0.717, 1.165) is 0 Å². The maximum absolute atomic E-state index is 13.3. The molecule has 1 unspecified atom stereocenters. The van der Waals surface area contributed by atoms with Gasteiger partial charge in [0.05, 0.1) is 16.1 Å². The van der Waals surface area contributed by atoms with E-state index in [1.165, 1.54) is 12.1 Å². The second-order valence-electron chi connectivity index (χ2n) is 4.04. The smallest absolute Gasteiger partial charge is 0.146 e. The van der Waals surface area contributed by atoms with Crippen LogP contribution in [0.25, 0.3) is 0 Å². The normalized spacial score (nSPS) is 12.3. The number of ether oxygens (including phenoxy) is 1. The molecule has 0 aliphatic heterocycles. The van der Waals surface area contributed by atoms with Crippen molar-refractivity contribution in [2.24, 2.45) is 0 Å². The maximum atomic E-state index is 13.3. The van der Waals surface area contributed by atoms with E-state index in [4.69, 9.17) is 27.9 Å². The third-order valence-electron chi connectivity index (χ3n) is 2.56. The van der Waals surface area contributed by atoms with Crippen LogP contribution < -0.4 is 4.74 Å². The SMILES string of the molecule is CC(O)c1ccc(Oc2ccc(Cl)c(F)c2)c(Cl)c1. The molecular weight excluding hydrogens is 290 g/mol. The summed E-state index contributed by atoms with van der Waals surface area (Å²) >= 11 is 11.6. The van der Waals surface area contributed by atoms with Gasteiger partial charge in [-0.15, -0.1) is 0 Å². The molecule has 1 N–H and O–H groups in total. The molecule has 0 bridgehead atoms. The molecule has 0 heterocycles. The minimum atomic E-state index is -0.612. The zero-order valence-corrected chi connectivity index (χ0v) is 11.5. The number of aliphatic hydroxyl groups is 1. The minimum absolute atomic E-state index is 0.0305. The lowest BCUT2D eigenvalue weighted by Gasteiger charge is -2.10. The number of halogens is 3. The molecule has 0 saturated heterocycles. The van der Waals surface area contributed by atoms with Crippen LogP contribution in [0, 0.1) is 5.82 Å². The van der Waals surface area contributed by atoms with Gasteiger partial charge in [0, 0.05) is 6.07 Å². The van der Waals surface area contributed by atoms with Gasteiger partial charge in [0.1, 0.15) is 17.3 Å². The van der Waals surface area contributed by atoms with Crippen LogP contribution in [0.1, 0.15) is 18.6 Å². The Morgan fingerprint density at radius 2 is 1.84 bits per heavy atom. The van der Waals surface area contributed by atoms with Crippen LogP contribution in [-0.4, -0.2) is 5.11 Å². The molecule has 2 aromatic rings. The van der Waals surface area contributed by atoms with E-state index in [0.29, 0.717) is 22.1 Å². The Kier molecular flexibility index (Phi) is 4.30. The highest BCUT2D eigenvalue weighted by atomic mass is 35.5. The van der Waals surface area contributed by atoms with Gasteiger partial charge in [-0.3, -0.25) is 0 Å². The quantitative estimate of drug-likeness (QED) is 0.866. The zero-order valence-electron chi connectivity index (χ0n) is 10.0. The number of hydrogen-bond donors (Lipinski definition) is 1. The fourth-order valence-corrected chi connectivity index (χ4v) is 1.87. The van der Waals surface area contributed by atoms with Gasteiger partial charge >= 0.3 is 0 Å². The van der Waals surface area contributed by atoms with Crippen molar-refractivity contribution in [2.75, 3.05) is 0 Å². The largest absolute Gasteiger partial charge is 0.456 e. The first-order valence-corrected chi connectivity index (χ1v) is 6.33. The molecule has 2 rings (SSSR count). The van der Waals surface area contributed by atoms with Gasteiger partial charge < -0.3 is 9.84 Å². The van der Waals surface area contributed by atoms with Gasteiger partial charge in [0.25, 0.3) is 0 Å². The highest BCUT2D eigenvalue weighted by molar-refractivity contribution is 6.32. The molecule has 2 nitrogen and oxygen atoms in total. The summed E-state index contributed by atoms with van der Waals surface area (Å²) in [5.74, 6) is 0.122. The van der Waals surface area contributed by atoms with E-state index < -0.39 is 11.9 Å². The maximum Gasteiger partial charge on any atom is 0.146 e. The average molecular weight is 301 g/mol. The molecule has 0 saturated carbocycles. The van der Waals surface area contributed by atoms with Crippen molar-refractivity contribution in [3.05, 3.63) is 57.8 Å². The molecule has 0 aliphatic rings. The predicted octanol–water partition coefficient (Wildman–Crippen LogP) is 4.98. The number of aliphatic hydroxyl groups excluding tert-OH is 1. The van der Waals surface area contributed by atoms with E-state index in [-0.39, 0.29) is 5.02 Å². The van der Waals surface area contributed by atoms with Crippen LogP contribution in [0.2, 0.25) is 10.0 Å². The summed E-state index contributed by atoms with van der Waals surface area (Å²) in [6.45, 7) is 1.64. The van der Waals surface area contributed by atoms with E-state index >= 15 is 0 Å². The second kappa shape index (κ2) is 5.78. The topological polar surface area (TPSA) is 29.5 Å². The number of benzene rings is 2. The highest BCUT2D eigenvalue weighted by Gasteiger charge is 2.09. The summed E-state index contributed by atoms with van der Waals surface area (Å²) in [4.78, 5) is 0. The molecule has 5 heteroatoms. The first kappa shape index (κ1) is 14.1. The van der Waals surface area contributed by atoms with Crippen LogP contribution in [0.5, 0.6) is 11.5 Å². The summed E-state index contributed by atoms with van der Waals surface area (Å²) in [6, 6.07) is 9.05. The number of rotatable bonds is 3. The van der Waals surface area contributed by atoms with Gasteiger partial charge in [-0.2, -0.15) is 0 Å². The Morgan fingerprint density at radius 3 is 2.42 bits per heavy atom. The minimum Gasteiger partial charge on any atom is -0.456 e. The Balaban J connectivity index is 2.25. The molecule has 100 valence electrons. The van der Waals surface area contributed by atoms with Crippen LogP contribution in [0.15, 0.2) is 36.4 Å². The van der Waals surface area contributed by atoms with E-state index in [2.05, 4.69) is 0 Å². The van der Waals surface area contributed by atoms with Gasteiger partial charge in [-0.1, -0.05) is 29.3 Å². The van der Waals surface area contributed by atoms with Gasteiger partial charge in [0.2, 0.25) is 0 Å². The van der Waals surface area contributed by atoms with E-state index in [9.17, 15) is 9.50 Å². The van der Waals surface area contributed by atoms with Crippen molar-refractivity contribution >= 4 is 23.2 Å². The van der Waals surface area contributed by atoms with Crippen molar-refractivity contribution in [1.29, 1.82) is 0 Å². The Morgan fingerprint density at radius 1 is 1.11 bits per heavy atom. The summed E-state index contributed by atoms with van der Waals surface area (Å²) in [6.07, 6.45) is -0.612. The first-order valence-electron chi connectivity index (χ1n) is 5.58. The zero-order chi connectivity index (χ0) is 14.0. The van der Waals surface area contributed by atoms with Crippen molar-refractivity contribution in [3.8, 4) is 11.5 Å². The number of hydrogen-bond acceptors (Lipinski definition) is 2. The monoisotopic (exact) mass is 300 g/mol. The molecule has 0 aromatic heterocycles. The molecule has 0 fully saturated rings. The summed E-state index contributed by atoms with van der Waals surface area (Å²) in [5.41, 5.74) is 0.680. The Labute approximate surface area is 120 Å². The summed E-state index contributed by atoms with van der Waals surface area (Å²) < 4.78 is 18.7. The Bertz CT molecular complexity index is 600. The lowest BCUT2D eigenvalue weighted by Crippen LogP contribution is -1.92. The van der Waals surface area contributed by atoms with E-state index in [1.54, 1.807) is 31.2 Å². The van der Waals surface area contributed by atoms with Crippen molar-refractivity contribution in [1.82, 2.24) is 0 Å². The highest BCUT2D eigenvalue weighted by Crippen LogP contribution is 2.32.